The standard InChI is InChI=1S/C26H32N8O4/c1-26(2,3)21-13-22(38-32-21)31-25(35)30-19-6-5-16(11-20(19)36-4)18-12-17(14-33-7-9-37-10-8-33)34-23(18)24(27)28-15-29-34/h5-6,11-13,15H,7-10,14H2,1-4H3,(H2,27,28,29)(H2,30,31,35). The molecule has 3 aromatic heterocycles. The van der Waals surface area contributed by atoms with Crippen molar-refractivity contribution < 1.29 is 18.8 Å². The van der Waals surface area contributed by atoms with Crippen molar-refractivity contribution in [3.8, 4) is 16.9 Å². The molecule has 200 valence electrons. The van der Waals surface area contributed by atoms with Gasteiger partial charge in [0, 0.05) is 36.7 Å². The van der Waals surface area contributed by atoms with Gasteiger partial charge in [0.1, 0.15) is 17.6 Å². The number of hydrogen-bond donors (Lipinski definition) is 3. The lowest BCUT2D eigenvalue weighted by molar-refractivity contribution is 0.0334. The van der Waals surface area contributed by atoms with Crippen LogP contribution in [0.25, 0.3) is 16.6 Å². The van der Waals surface area contributed by atoms with Crippen molar-refractivity contribution in [2.24, 2.45) is 0 Å². The first-order chi connectivity index (χ1) is 18.2. The average Bonchev–Trinajstić information content (AvgIpc) is 3.51. The summed E-state index contributed by atoms with van der Waals surface area (Å²) in [6.45, 7) is 9.87. The van der Waals surface area contributed by atoms with E-state index in [9.17, 15) is 4.79 Å². The molecule has 0 radical (unpaired) electrons. The van der Waals surface area contributed by atoms with Crippen molar-refractivity contribution in [2.45, 2.75) is 32.7 Å². The highest BCUT2D eigenvalue weighted by atomic mass is 16.5. The zero-order chi connectivity index (χ0) is 26.9. The summed E-state index contributed by atoms with van der Waals surface area (Å²) in [5, 5.41) is 14.0. The van der Waals surface area contributed by atoms with Gasteiger partial charge in [-0.2, -0.15) is 5.10 Å². The summed E-state index contributed by atoms with van der Waals surface area (Å²) in [5.41, 5.74) is 10.8. The highest BCUT2D eigenvalue weighted by Gasteiger charge is 2.21. The maximum absolute atomic E-state index is 12.7. The van der Waals surface area contributed by atoms with Crippen molar-refractivity contribution in [3.63, 3.8) is 0 Å². The van der Waals surface area contributed by atoms with Gasteiger partial charge in [0.25, 0.3) is 0 Å². The number of methoxy groups -OCH3 is 1. The molecule has 4 N–H and O–H groups in total. The monoisotopic (exact) mass is 520 g/mol. The van der Waals surface area contributed by atoms with Crippen LogP contribution in [0.1, 0.15) is 32.2 Å². The Balaban J connectivity index is 1.40. The van der Waals surface area contributed by atoms with Crippen LogP contribution in [0, 0.1) is 0 Å². The molecule has 0 spiro atoms. The van der Waals surface area contributed by atoms with Gasteiger partial charge >= 0.3 is 6.03 Å². The van der Waals surface area contributed by atoms with Crippen LogP contribution in [0.2, 0.25) is 0 Å². The van der Waals surface area contributed by atoms with E-state index in [1.165, 1.54) is 6.33 Å². The molecule has 0 atom stereocenters. The van der Waals surface area contributed by atoms with E-state index in [2.05, 4.69) is 36.8 Å². The minimum atomic E-state index is -0.479. The molecule has 2 amide bonds. The van der Waals surface area contributed by atoms with E-state index in [1.807, 2.05) is 37.4 Å². The smallest absolute Gasteiger partial charge is 0.326 e. The van der Waals surface area contributed by atoms with Crippen LogP contribution in [0.3, 0.4) is 0 Å². The van der Waals surface area contributed by atoms with Crippen LogP contribution >= 0.6 is 0 Å². The largest absolute Gasteiger partial charge is 0.495 e. The lowest BCUT2D eigenvalue weighted by Gasteiger charge is -2.26. The van der Waals surface area contributed by atoms with Gasteiger partial charge in [-0.05, 0) is 23.8 Å². The van der Waals surface area contributed by atoms with Crippen LogP contribution in [-0.2, 0) is 16.7 Å². The topological polar surface area (TPSA) is 145 Å². The van der Waals surface area contributed by atoms with E-state index in [1.54, 1.807) is 19.2 Å². The number of nitrogens with two attached hydrogens (primary N) is 1. The number of morpholine rings is 1. The number of benzene rings is 1. The highest BCUT2D eigenvalue weighted by Crippen LogP contribution is 2.36. The number of amides is 2. The van der Waals surface area contributed by atoms with E-state index in [4.69, 9.17) is 19.7 Å². The Labute approximate surface area is 220 Å². The molecule has 4 heterocycles. The van der Waals surface area contributed by atoms with Crippen molar-refractivity contribution >= 4 is 28.9 Å². The Hall–Kier alpha value is -4.16. The van der Waals surface area contributed by atoms with Crippen LogP contribution in [-0.4, -0.2) is 64.1 Å². The van der Waals surface area contributed by atoms with E-state index < -0.39 is 6.03 Å². The molecule has 0 unspecified atom stereocenters. The van der Waals surface area contributed by atoms with Gasteiger partial charge in [-0.25, -0.2) is 14.3 Å². The Morgan fingerprint density at radius 1 is 1.16 bits per heavy atom. The molecule has 0 bridgehead atoms. The molecule has 0 saturated carbocycles. The summed E-state index contributed by atoms with van der Waals surface area (Å²) in [4.78, 5) is 19.2. The number of carbonyl (C=O) groups excluding carboxylic acids is 1. The second kappa shape index (κ2) is 10.3. The van der Waals surface area contributed by atoms with Crippen molar-refractivity contribution in [2.75, 3.05) is 49.8 Å². The number of anilines is 3. The number of aromatic nitrogens is 4. The molecular weight excluding hydrogens is 488 g/mol. The van der Waals surface area contributed by atoms with Crippen molar-refractivity contribution in [3.05, 3.63) is 48.0 Å². The molecule has 1 aliphatic rings. The van der Waals surface area contributed by atoms with Gasteiger partial charge in [-0.15, -0.1) is 0 Å². The van der Waals surface area contributed by atoms with E-state index >= 15 is 0 Å². The van der Waals surface area contributed by atoms with Crippen LogP contribution < -0.4 is 21.1 Å². The summed E-state index contributed by atoms with van der Waals surface area (Å²) >= 11 is 0. The number of rotatable bonds is 6. The summed E-state index contributed by atoms with van der Waals surface area (Å²) in [7, 11) is 1.55. The Bertz CT molecular complexity index is 1450. The molecule has 4 aromatic rings. The number of nitrogens with one attached hydrogen (secondary N) is 2. The fourth-order valence-corrected chi connectivity index (χ4v) is 4.37. The fraction of sp³-hybridized carbons (Fsp3) is 0.385. The second-order valence-corrected chi connectivity index (χ2v) is 10.2. The van der Waals surface area contributed by atoms with Crippen LogP contribution in [0.4, 0.5) is 22.2 Å². The third-order valence-electron chi connectivity index (χ3n) is 6.42. The van der Waals surface area contributed by atoms with E-state index in [-0.39, 0.29) is 11.3 Å². The number of urea groups is 1. The maximum Gasteiger partial charge on any atom is 0.326 e. The molecule has 1 fully saturated rings. The number of nitrogen functional groups attached to an aromatic ring is 1. The predicted octanol–water partition coefficient (Wildman–Crippen LogP) is 3.75. The van der Waals surface area contributed by atoms with Gasteiger partial charge in [0.2, 0.25) is 5.88 Å². The Morgan fingerprint density at radius 2 is 1.95 bits per heavy atom. The van der Waals surface area contributed by atoms with Crippen molar-refractivity contribution in [1.29, 1.82) is 0 Å². The highest BCUT2D eigenvalue weighted by molar-refractivity contribution is 6.00. The molecule has 0 aliphatic carbocycles. The molecule has 1 aromatic carbocycles. The predicted molar refractivity (Wildman–Crippen MR) is 143 cm³/mol. The average molecular weight is 521 g/mol. The summed E-state index contributed by atoms with van der Waals surface area (Å²) in [6.07, 6.45) is 1.46. The summed E-state index contributed by atoms with van der Waals surface area (Å²) in [5.74, 6) is 1.12. The van der Waals surface area contributed by atoms with Gasteiger partial charge in [0.05, 0.1) is 37.4 Å². The fourth-order valence-electron chi connectivity index (χ4n) is 4.37. The number of nitrogens with zero attached hydrogens (tertiary/aromatic N) is 5. The van der Waals surface area contributed by atoms with E-state index in [0.29, 0.717) is 37.0 Å². The summed E-state index contributed by atoms with van der Waals surface area (Å²) < 4.78 is 18.2. The van der Waals surface area contributed by atoms with Crippen LogP contribution in [0.5, 0.6) is 5.75 Å². The number of hydrogen-bond acceptors (Lipinski definition) is 9. The molecule has 5 rings (SSSR count). The SMILES string of the molecule is COc1cc(-c2cc(CN3CCOCC3)n3ncnc(N)c23)ccc1NC(=O)Nc1cc(C(C)(C)C)no1. The Kier molecular flexibility index (Phi) is 6.91. The normalized spacial score (nSPS) is 14.5. The third-order valence-corrected chi connectivity index (χ3v) is 6.42. The molecule has 38 heavy (non-hydrogen) atoms. The van der Waals surface area contributed by atoms with E-state index in [0.717, 1.165) is 41.1 Å². The third kappa shape index (κ3) is 5.27. The van der Waals surface area contributed by atoms with Gasteiger partial charge in [-0.3, -0.25) is 10.2 Å². The lowest BCUT2D eigenvalue weighted by atomic mass is 9.92. The Morgan fingerprint density at radius 3 is 2.66 bits per heavy atom. The number of fused-ring (bicyclic) bond motifs is 1. The van der Waals surface area contributed by atoms with Gasteiger partial charge in [-0.1, -0.05) is 32.0 Å². The lowest BCUT2D eigenvalue weighted by Crippen LogP contribution is -2.36. The zero-order valence-electron chi connectivity index (χ0n) is 21.9. The molecule has 12 heteroatoms. The number of ether oxygens (including phenoxy) is 2. The second-order valence-electron chi connectivity index (χ2n) is 10.2. The van der Waals surface area contributed by atoms with Gasteiger partial charge < -0.3 is 25.0 Å². The molecule has 1 aliphatic heterocycles. The minimum absolute atomic E-state index is 0.196. The maximum atomic E-state index is 12.7. The quantitative estimate of drug-likeness (QED) is 0.346. The van der Waals surface area contributed by atoms with Gasteiger partial charge in [0.15, 0.2) is 5.82 Å². The molecular formula is C26H32N8O4. The first-order valence-electron chi connectivity index (χ1n) is 12.4. The first-order valence-corrected chi connectivity index (χ1v) is 12.4. The zero-order valence-corrected chi connectivity index (χ0v) is 21.9. The molecule has 1 saturated heterocycles. The van der Waals surface area contributed by atoms with Crippen LogP contribution in [0.15, 0.2) is 41.2 Å². The minimum Gasteiger partial charge on any atom is -0.495 e. The van der Waals surface area contributed by atoms with Crippen molar-refractivity contribution in [1.82, 2.24) is 24.7 Å². The first kappa shape index (κ1) is 25.5. The summed E-state index contributed by atoms with van der Waals surface area (Å²) in [6, 6.07) is 8.82. The number of carbonyl (C=O) groups is 1. The molecule has 12 nitrogen and oxygen atoms in total.